The lowest BCUT2D eigenvalue weighted by Crippen LogP contribution is -2.51. The number of aryl methyl sites for hydroxylation is 1. The van der Waals surface area contributed by atoms with Crippen LogP contribution in [0.15, 0.2) is 4.99 Å². The SMILES string of the molecule is CCOC(=O)N1CCC(NC(=NCc2nnc(C)n2C)NC2CCCC2)CC1.I. The Kier molecular flexibility index (Phi) is 9.44. The summed E-state index contributed by atoms with van der Waals surface area (Å²) in [5, 5.41) is 15.5. The number of rotatable bonds is 5. The first-order valence-electron chi connectivity index (χ1n) is 10.4. The Morgan fingerprint density at radius 3 is 2.31 bits per heavy atom. The van der Waals surface area contributed by atoms with Gasteiger partial charge in [-0.25, -0.2) is 9.79 Å². The molecule has 0 bridgehead atoms. The molecule has 2 heterocycles. The average Bonchev–Trinajstić information content (AvgIpc) is 3.31. The van der Waals surface area contributed by atoms with E-state index in [4.69, 9.17) is 9.73 Å². The van der Waals surface area contributed by atoms with E-state index < -0.39 is 0 Å². The zero-order chi connectivity index (χ0) is 19.9. The molecule has 164 valence electrons. The van der Waals surface area contributed by atoms with Crippen molar-refractivity contribution < 1.29 is 9.53 Å². The third-order valence-electron chi connectivity index (χ3n) is 5.62. The molecule has 1 aromatic rings. The molecule has 2 fully saturated rings. The molecule has 10 heteroatoms. The monoisotopic (exact) mass is 519 g/mol. The molecule has 0 spiro atoms. The summed E-state index contributed by atoms with van der Waals surface area (Å²) in [4.78, 5) is 18.4. The zero-order valence-corrected chi connectivity index (χ0v) is 20.0. The molecule has 0 aromatic carbocycles. The van der Waals surface area contributed by atoms with E-state index in [0.29, 0.717) is 38.3 Å². The van der Waals surface area contributed by atoms with Gasteiger partial charge in [-0.15, -0.1) is 34.2 Å². The van der Waals surface area contributed by atoms with Gasteiger partial charge in [0.15, 0.2) is 11.8 Å². The van der Waals surface area contributed by atoms with Gasteiger partial charge >= 0.3 is 6.09 Å². The van der Waals surface area contributed by atoms with Crippen molar-refractivity contribution >= 4 is 36.0 Å². The molecule has 9 nitrogen and oxygen atoms in total. The Labute approximate surface area is 190 Å². The van der Waals surface area contributed by atoms with Gasteiger partial charge in [0.1, 0.15) is 12.4 Å². The zero-order valence-electron chi connectivity index (χ0n) is 17.7. The second kappa shape index (κ2) is 11.6. The summed E-state index contributed by atoms with van der Waals surface area (Å²) in [6.07, 6.45) is 6.46. The summed E-state index contributed by atoms with van der Waals surface area (Å²) in [6, 6.07) is 0.770. The third-order valence-corrected chi connectivity index (χ3v) is 5.62. The maximum Gasteiger partial charge on any atom is 0.409 e. The predicted molar refractivity (Wildman–Crippen MR) is 122 cm³/mol. The van der Waals surface area contributed by atoms with Crippen molar-refractivity contribution in [3.05, 3.63) is 11.6 Å². The molecule has 29 heavy (non-hydrogen) atoms. The van der Waals surface area contributed by atoms with Gasteiger partial charge in [-0.2, -0.15) is 0 Å². The highest BCUT2D eigenvalue weighted by molar-refractivity contribution is 14.0. The molecule has 1 saturated carbocycles. The molecule has 1 aromatic heterocycles. The number of carbonyl (C=O) groups excluding carboxylic acids is 1. The Morgan fingerprint density at radius 2 is 1.76 bits per heavy atom. The summed E-state index contributed by atoms with van der Waals surface area (Å²) in [7, 11) is 1.96. The first-order chi connectivity index (χ1) is 13.6. The van der Waals surface area contributed by atoms with Gasteiger partial charge < -0.3 is 24.8 Å². The fourth-order valence-electron chi connectivity index (χ4n) is 3.75. The maximum absolute atomic E-state index is 11.9. The standard InChI is InChI=1S/C19H33N7O2.HI/c1-4-28-19(27)26-11-9-16(10-12-26)22-18(21-15-7-5-6-8-15)20-13-17-24-23-14(2)25(17)3;/h15-16H,4-13H2,1-3H3,(H2,20,21,22);1H. The van der Waals surface area contributed by atoms with E-state index in [0.717, 1.165) is 30.5 Å². The van der Waals surface area contributed by atoms with Crippen LogP contribution in [0.2, 0.25) is 0 Å². The van der Waals surface area contributed by atoms with Crippen LogP contribution in [0.3, 0.4) is 0 Å². The van der Waals surface area contributed by atoms with Gasteiger partial charge in [-0.1, -0.05) is 12.8 Å². The summed E-state index contributed by atoms with van der Waals surface area (Å²) in [5.41, 5.74) is 0. The average molecular weight is 519 g/mol. The smallest absolute Gasteiger partial charge is 0.409 e. The number of nitrogens with zero attached hydrogens (tertiary/aromatic N) is 5. The fraction of sp³-hybridized carbons (Fsp3) is 0.789. The van der Waals surface area contributed by atoms with Gasteiger partial charge in [0.05, 0.1) is 6.61 Å². The van der Waals surface area contributed by atoms with Gasteiger partial charge in [-0.3, -0.25) is 0 Å². The number of nitrogens with one attached hydrogen (secondary N) is 2. The molecule has 0 atom stereocenters. The Bertz CT molecular complexity index is 680. The predicted octanol–water partition coefficient (Wildman–Crippen LogP) is 2.34. The van der Waals surface area contributed by atoms with Crippen LogP contribution in [-0.2, 0) is 18.3 Å². The molecule has 0 unspecified atom stereocenters. The van der Waals surface area contributed by atoms with E-state index >= 15 is 0 Å². The van der Waals surface area contributed by atoms with E-state index in [1.54, 1.807) is 4.90 Å². The van der Waals surface area contributed by atoms with Crippen molar-refractivity contribution in [1.82, 2.24) is 30.3 Å². The van der Waals surface area contributed by atoms with Gasteiger partial charge in [0, 0.05) is 32.2 Å². The number of guanidine groups is 1. The molecule has 2 aliphatic rings. The minimum atomic E-state index is -0.212. The number of aromatic nitrogens is 3. The summed E-state index contributed by atoms with van der Waals surface area (Å²) >= 11 is 0. The highest BCUT2D eigenvalue weighted by Crippen LogP contribution is 2.18. The number of halogens is 1. The molecule has 1 saturated heterocycles. The highest BCUT2D eigenvalue weighted by Gasteiger charge is 2.25. The molecule has 2 N–H and O–H groups in total. The van der Waals surface area contributed by atoms with Crippen LogP contribution in [0, 0.1) is 6.92 Å². The van der Waals surface area contributed by atoms with Crippen molar-refractivity contribution in [3.63, 3.8) is 0 Å². The van der Waals surface area contributed by atoms with Crippen molar-refractivity contribution in [2.24, 2.45) is 12.0 Å². The maximum atomic E-state index is 11.9. The minimum Gasteiger partial charge on any atom is -0.450 e. The number of hydrogen-bond donors (Lipinski definition) is 2. The Hall–Kier alpha value is -1.59. The highest BCUT2D eigenvalue weighted by atomic mass is 127. The van der Waals surface area contributed by atoms with E-state index in [-0.39, 0.29) is 30.1 Å². The van der Waals surface area contributed by atoms with Crippen LogP contribution in [0.25, 0.3) is 0 Å². The number of likely N-dealkylation sites (tertiary alicyclic amines) is 1. The third kappa shape index (κ3) is 6.71. The van der Waals surface area contributed by atoms with E-state index in [2.05, 4.69) is 20.8 Å². The van der Waals surface area contributed by atoms with Crippen LogP contribution < -0.4 is 10.6 Å². The van der Waals surface area contributed by atoms with Crippen LogP contribution in [0.1, 0.15) is 57.1 Å². The van der Waals surface area contributed by atoms with E-state index in [1.165, 1.54) is 25.7 Å². The Balaban J connectivity index is 0.00000300. The second-order valence-electron chi connectivity index (χ2n) is 7.62. The normalized spacial score (nSPS) is 18.4. The van der Waals surface area contributed by atoms with Crippen molar-refractivity contribution in [2.45, 2.75) is 71.0 Å². The molecular weight excluding hydrogens is 485 g/mol. The fourth-order valence-corrected chi connectivity index (χ4v) is 3.75. The van der Waals surface area contributed by atoms with E-state index in [9.17, 15) is 4.79 Å². The quantitative estimate of drug-likeness (QED) is 0.352. The lowest BCUT2D eigenvalue weighted by atomic mass is 10.1. The number of piperidine rings is 1. The molecule has 0 radical (unpaired) electrons. The number of aliphatic imine (C=N–C) groups is 1. The number of carbonyl (C=O) groups is 1. The summed E-state index contributed by atoms with van der Waals surface area (Å²) in [5.74, 6) is 2.57. The number of hydrogen-bond acceptors (Lipinski definition) is 5. The molecule has 1 amide bonds. The lowest BCUT2D eigenvalue weighted by Gasteiger charge is -2.32. The van der Waals surface area contributed by atoms with Crippen LogP contribution in [0.4, 0.5) is 4.79 Å². The molecule has 1 aliphatic heterocycles. The molecular formula is C19H34IN7O2. The van der Waals surface area contributed by atoms with Gasteiger partial charge in [0.25, 0.3) is 0 Å². The van der Waals surface area contributed by atoms with Crippen LogP contribution in [-0.4, -0.2) is 63.5 Å². The second-order valence-corrected chi connectivity index (χ2v) is 7.62. The number of amides is 1. The molecule has 1 aliphatic carbocycles. The van der Waals surface area contributed by atoms with E-state index in [1.807, 2.05) is 25.5 Å². The van der Waals surface area contributed by atoms with Crippen LogP contribution in [0.5, 0.6) is 0 Å². The van der Waals surface area contributed by atoms with Crippen molar-refractivity contribution in [2.75, 3.05) is 19.7 Å². The van der Waals surface area contributed by atoms with Gasteiger partial charge in [-0.05, 0) is 39.5 Å². The van der Waals surface area contributed by atoms with Gasteiger partial charge in [0.2, 0.25) is 0 Å². The topological polar surface area (TPSA) is 96.7 Å². The van der Waals surface area contributed by atoms with Crippen molar-refractivity contribution in [1.29, 1.82) is 0 Å². The summed E-state index contributed by atoms with van der Waals surface area (Å²) in [6.45, 7) is 6.09. The summed E-state index contributed by atoms with van der Waals surface area (Å²) < 4.78 is 7.07. The lowest BCUT2D eigenvalue weighted by molar-refractivity contribution is 0.0963. The number of ether oxygens (including phenoxy) is 1. The largest absolute Gasteiger partial charge is 0.450 e. The first kappa shape index (κ1) is 23.7. The van der Waals surface area contributed by atoms with Crippen molar-refractivity contribution in [3.8, 4) is 0 Å². The first-order valence-corrected chi connectivity index (χ1v) is 10.4. The Morgan fingerprint density at radius 1 is 1.14 bits per heavy atom. The minimum absolute atomic E-state index is 0. The molecule has 3 rings (SSSR count). The van der Waals surface area contributed by atoms with Crippen LogP contribution >= 0.6 is 24.0 Å².